The van der Waals surface area contributed by atoms with Crippen molar-refractivity contribution < 1.29 is 14.6 Å². The first kappa shape index (κ1) is 16.6. The first-order valence-electron chi connectivity index (χ1n) is 7.37. The minimum absolute atomic E-state index is 0.0933. The molecule has 6 nitrogen and oxygen atoms in total. The lowest BCUT2D eigenvalue weighted by Gasteiger charge is -2.10. The van der Waals surface area contributed by atoms with E-state index in [-0.39, 0.29) is 5.69 Å². The molecule has 0 unspecified atom stereocenters. The van der Waals surface area contributed by atoms with E-state index in [0.29, 0.717) is 35.1 Å². The van der Waals surface area contributed by atoms with Gasteiger partial charge in [-0.3, -0.25) is 4.68 Å². The quantitative estimate of drug-likeness (QED) is 0.885. The monoisotopic (exact) mass is 313 g/mol. The number of benzene rings is 1. The van der Waals surface area contributed by atoms with Gasteiger partial charge in [0.25, 0.3) is 0 Å². The summed E-state index contributed by atoms with van der Waals surface area (Å²) in [6, 6.07) is 8.76. The fourth-order valence-electron chi connectivity index (χ4n) is 2.12. The predicted molar refractivity (Wildman–Crippen MR) is 85.3 cm³/mol. The summed E-state index contributed by atoms with van der Waals surface area (Å²) in [6.07, 6.45) is 0.912. The second-order valence-corrected chi connectivity index (χ2v) is 5.70. The average Bonchev–Trinajstić information content (AvgIpc) is 2.89. The summed E-state index contributed by atoms with van der Waals surface area (Å²) in [4.78, 5) is 11.1. The van der Waals surface area contributed by atoms with Crippen LogP contribution in [0.25, 0.3) is 11.3 Å². The van der Waals surface area contributed by atoms with Crippen LogP contribution in [0.15, 0.2) is 24.3 Å². The molecule has 0 aliphatic carbocycles. The van der Waals surface area contributed by atoms with Crippen molar-refractivity contribution in [3.8, 4) is 23.1 Å². The van der Waals surface area contributed by atoms with Gasteiger partial charge in [0.15, 0.2) is 0 Å². The van der Waals surface area contributed by atoms with E-state index >= 15 is 0 Å². The van der Waals surface area contributed by atoms with Crippen molar-refractivity contribution in [3.05, 3.63) is 35.5 Å². The number of aromatic carboxylic acids is 1. The highest BCUT2D eigenvalue weighted by molar-refractivity contribution is 5.87. The Balaban J connectivity index is 2.27. The highest BCUT2D eigenvalue weighted by Gasteiger charge is 2.14. The van der Waals surface area contributed by atoms with Crippen molar-refractivity contribution in [1.29, 1.82) is 5.26 Å². The maximum absolute atomic E-state index is 11.1. The van der Waals surface area contributed by atoms with Crippen LogP contribution in [0.4, 0.5) is 0 Å². The van der Waals surface area contributed by atoms with Crippen molar-refractivity contribution in [2.24, 2.45) is 13.0 Å². The minimum Gasteiger partial charge on any atom is -0.492 e. The Morgan fingerprint density at radius 3 is 2.74 bits per heavy atom. The van der Waals surface area contributed by atoms with Crippen molar-refractivity contribution in [3.63, 3.8) is 0 Å². The molecule has 0 aliphatic rings. The number of carboxylic acid groups (broad SMARTS) is 1. The molecule has 0 saturated carbocycles. The molecule has 1 aromatic heterocycles. The van der Waals surface area contributed by atoms with E-state index in [4.69, 9.17) is 9.84 Å². The normalized spacial score (nSPS) is 10.6. The fraction of sp³-hybridized carbons (Fsp3) is 0.353. The molecule has 0 saturated heterocycles. The van der Waals surface area contributed by atoms with Crippen LogP contribution in [0.5, 0.6) is 5.75 Å². The van der Waals surface area contributed by atoms with E-state index in [9.17, 15) is 10.1 Å². The molecule has 120 valence electrons. The van der Waals surface area contributed by atoms with Gasteiger partial charge in [-0.15, -0.1) is 0 Å². The first-order chi connectivity index (χ1) is 10.9. The molecule has 1 heterocycles. The van der Waals surface area contributed by atoms with Gasteiger partial charge in [0, 0.05) is 12.6 Å². The molecule has 0 atom stereocenters. The lowest BCUT2D eigenvalue weighted by atomic mass is 10.1. The zero-order valence-electron chi connectivity index (χ0n) is 13.4. The van der Waals surface area contributed by atoms with Crippen molar-refractivity contribution in [2.75, 3.05) is 6.61 Å². The highest BCUT2D eigenvalue weighted by atomic mass is 16.5. The van der Waals surface area contributed by atoms with Crippen LogP contribution in [0.1, 0.15) is 36.3 Å². The molecule has 23 heavy (non-hydrogen) atoms. The van der Waals surface area contributed by atoms with E-state index in [1.165, 1.54) is 10.7 Å². The van der Waals surface area contributed by atoms with E-state index in [1.54, 1.807) is 25.2 Å². The van der Waals surface area contributed by atoms with Crippen LogP contribution < -0.4 is 4.74 Å². The molecule has 1 N–H and O–H groups in total. The maximum atomic E-state index is 11.1. The lowest BCUT2D eigenvalue weighted by molar-refractivity contribution is 0.0685. The summed E-state index contributed by atoms with van der Waals surface area (Å²) >= 11 is 0. The van der Waals surface area contributed by atoms with Crippen molar-refractivity contribution in [2.45, 2.75) is 20.3 Å². The largest absolute Gasteiger partial charge is 0.492 e. The molecule has 0 fully saturated rings. The number of hydrogen-bond donors (Lipinski definition) is 1. The molecule has 0 radical (unpaired) electrons. The molecule has 1 aromatic carbocycles. The number of aryl methyl sites for hydroxylation is 1. The Kier molecular flexibility index (Phi) is 5.02. The number of nitriles is 1. The zero-order valence-corrected chi connectivity index (χ0v) is 13.4. The SMILES string of the molecule is CC(C)CCOc1ccc(-c2cc(C(=O)O)n(C)n2)cc1C#N. The Bertz CT molecular complexity index is 757. The summed E-state index contributed by atoms with van der Waals surface area (Å²) < 4.78 is 6.96. The van der Waals surface area contributed by atoms with Gasteiger partial charge in [-0.2, -0.15) is 10.4 Å². The predicted octanol–water partition coefficient (Wildman–Crippen LogP) is 3.08. The molecule has 6 heteroatoms. The lowest BCUT2D eigenvalue weighted by Crippen LogP contribution is -2.04. The molecular formula is C17H19N3O3. The molecule has 0 aliphatic heterocycles. The summed E-state index contributed by atoms with van der Waals surface area (Å²) in [5.74, 6) is 0.0226. The van der Waals surface area contributed by atoms with Gasteiger partial charge in [0.1, 0.15) is 17.5 Å². The number of nitrogens with zero attached hydrogens (tertiary/aromatic N) is 3. The molecule has 0 amide bonds. The third-order valence-electron chi connectivity index (χ3n) is 3.45. The molecule has 2 aromatic rings. The molecular weight excluding hydrogens is 294 g/mol. The van der Waals surface area contributed by atoms with Crippen LogP contribution in [0.2, 0.25) is 0 Å². The van der Waals surface area contributed by atoms with Gasteiger partial charge in [-0.1, -0.05) is 13.8 Å². The van der Waals surface area contributed by atoms with Crippen LogP contribution in [0, 0.1) is 17.2 Å². The van der Waals surface area contributed by atoms with Crippen LogP contribution in [-0.2, 0) is 7.05 Å². The molecule has 2 rings (SSSR count). The van der Waals surface area contributed by atoms with Gasteiger partial charge in [-0.05, 0) is 36.6 Å². The van der Waals surface area contributed by atoms with Gasteiger partial charge in [0.05, 0.1) is 17.9 Å². The van der Waals surface area contributed by atoms with E-state index in [2.05, 4.69) is 25.0 Å². The number of carbonyl (C=O) groups is 1. The first-order valence-corrected chi connectivity index (χ1v) is 7.37. The van der Waals surface area contributed by atoms with Gasteiger partial charge in [0.2, 0.25) is 0 Å². The summed E-state index contributed by atoms with van der Waals surface area (Å²) in [5, 5.41) is 22.6. The van der Waals surface area contributed by atoms with Gasteiger partial charge >= 0.3 is 5.97 Å². The zero-order chi connectivity index (χ0) is 17.0. The number of rotatable bonds is 6. The third-order valence-corrected chi connectivity index (χ3v) is 3.45. The Hall–Kier alpha value is -2.81. The second-order valence-electron chi connectivity index (χ2n) is 5.70. The topological polar surface area (TPSA) is 88.1 Å². The number of hydrogen-bond acceptors (Lipinski definition) is 4. The van der Waals surface area contributed by atoms with Crippen molar-refractivity contribution in [1.82, 2.24) is 9.78 Å². The second kappa shape index (κ2) is 6.97. The maximum Gasteiger partial charge on any atom is 0.354 e. The Morgan fingerprint density at radius 2 is 2.17 bits per heavy atom. The molecule has 0 spiro atoms. The highest BCUT2D eigenvalue weighted by Crippen LogP contribution is 2.26. The number of aromatic nitrogens is 2. The number of ether oxygens (including phenoxy) is 1. The average molecular weight is 313 g/mol. The smallest absolute Gasteiger partial charge is 0.354 e. The van der Waals surface area contributed by atoms with Gasteiger partial charge in [-0.25, -0.2) is 4.79 Å². The third kappa shape index (κ3) is 3.89. The fourth-order valence-corrected chi connectivity index (χ4v) is 2.12. The minimum atomic E-state index is -1.04. The Labute approximate surface area is 134 Å². The summed E-state index contributed by atoms with van der Waals surface area (Å²) in [7, 11) is 1.57. The van der Waals surface area contributed by atoms with Crippen LogP contribution >= 0.6 is 0 Å². The number of carboxylic acids is 1. The summed E-state index contributed by atoms with van der Waals surface area (Å²) in [5.41, 5.74) is 1.69. The van der Waals surface area contributed by atoms with E-state index in [0.717, 1.165) is 6.42 Å². The molecule has 0 bridgehead atoms. The van der Waals surface area contributed by atoms with Crippen LogP contribution in [-0.4, -0.2) is 27.5 Å². The van der Waals surface area contributed by atoms with E-state index in [1.807, 2.05) is 0 Å². The van der Waals surface area contributed by atoms with Crippen molar-refractivity contribution >= 4 is 5.97 Å². The Morgan fingerprint density at radius 1 is 1.43 bits per heavy atom. The standard InChI is InChI=1S/C17H19N3O3/c1-11(2)6-7-23-16-5-4-12(8-13(16)10-18)14-9-15(17(21)22)20(3)19-14/h4-5,8-9,11H,6-7H2,1-3H3,(H,21,22). The summed E-state index contributed by atoms with van der Waals surface area (Å²) in [6.45, 7) is 4.77. The van der Waals surface area contributed by atoms with Gasteiger partial charge < -0.3 is 9.84 Å². The van der Waals surface area contributed by atoms with E-state index < -0.39 is 5.97 Å². The van der Waals surface area contributed by atoms with Crippen LogP contribution in [0.3, 0.4) is 0 Å².